The van der Waals surface area contributed by atoms with E-state index in [-0.39, 0.29) is 46.5 Å². The van der Waals surface area contributed by atoms with Crippen molar-refractivity contribution in [3.05, 3.63) is 110 Å². The third kappa shape index (κ3) is 14.0. The molecule has 81 heavy (non-hydrogen) atoms. The van der Waals surface area contributed by atoms with Gasteiger partial charge in [0.2, 0.25) is 0 Å². The van der Waals surface area contributed by atoms with Gasteiger partial charge < -0.3 is 44.5 Å². The molecule has 0 bridgehead atoms. The number of aliphatic hydroxyl groups is 1. The number of aliphatic hydroxyl groups excluding tert-OH is 1. The van der Waals surface area contributed by atoms with Gasteiger partial charge in [-0.3, -0.25) is 74.7 Å². The molecule has 9 rings (SSSR count). The number of phosphoric acid groups is 3. The molecule has 16 atom stereocenters. The molecule has 4 aliphatic rings. The fraction of sp³-hybridized carbons (Fsp3) is 0.575. The zero-order chi connectivity index (χ0) is 58.5. The average molecular weight is 1230 g/mol. The van der Waals surface area contributed by atoms with Crippen molar-refractivity contribution in [3.63, 3.8) is 0 Å². The minimum Gasteiger partial charge on any atom is -0.390 e. The number of hydrogen-bond donors (Lipinski definition) is 9. The van der Waals surface area contributed by atoms with Crippen molar-refractivity contribution in [2.75, 3.05) is 32.2 Å². The number of aryl methyl sites for hydroxylation is 3. The molecule has 0 radical (unpaired) electrons. The molecule has 442 valence electrons. The van der Waals surface area contributed by atoms with Crippen LogP contribution in [0.2, 0.25) is 0 Å². The van der Waals surface area contributed by atoms with Crippen molar-refractivity contribution in [1.82, 2.24) is 48.2 Å². The Morgan fingerprint density at radius 3 is 1.38 bits per heavy atom. The van der Waals surface area contributed by atoms with Gasteiger partial charge in [0.15, 0.2) is 11.5 Å². The van der Waals surface area contributed by atoms with Crippen LogP contribution in [0.25, 0.3) is 11.2 Å². The Balaban J connectivity index is 0.901. The van der Waals surface area contributed by atoms with Crippen LogP contribution in [0.15, 0.2) is 60.0 Å². The van der Waals surface area contributed by atoms with Gasteiger partial charge in [0.1, 0.15) is 86.1 Å². The molecule has 0 amide bonds. The lowest BCUT2D eigenvalue weighted by atomic mass is 10.2. The first-order chi connectivity index (χ1) is 38.1. The van der Waals surface area contributed by atoms with Crippen LogP contribution < -0.4 is 39.5 Å². The molecule has 37 nitrogen and oxygen atoms in total. The average Bonchev–Trinajstić information content (AvgIpc) is 4.46. The van der Waals surface area contributed by atoms with Gasteiger partial charge in [-0.15, -0.1) is 9.42 Å². The van der Waals surface area contributed by atoms with Gasteiger partial charge in [0, 0.05) is 65.5 Å². The molecule has 4 fully saturated rings. The molecule has 9 heterocycles. The number of fused-ring (bicyclic) bond motifs is 1. The van der Waals surface area contributed by atoms with Crippen molar-refractivity contribution in [2.24, 2.45) is 0 Å². The van der Waals surface area contributed by atoms with E-state index in [4.69, 9.17) is 56.3 Å². The number of aromatic nitrogens is 10. The predicted molar refractivity (Wildman–Crippen MR) is 266 cm³/mol. The Labute approximate surface area is 452 Å². The molecule has 0 aliphatic carbocycles. The Hall–Kier alpha value is -5.46. The van der Waals surface area contributed by atoms with Crippen molar-refractivity contribution in [2.45, 2.75) is 120 Å². The van der Waals surface area contributed by atoms with Crippen molar-refractivity contribution >= 4 is 48.7 Å². The molecule has 5 aromatic rings. The van der Waals surface area contributed by atoms with Crippen LogP contribution in [0.1, 0.15) is 67.3 Å². The quantitative estimate of drug-likeness (QED) is 0.0362. The minimum atomic E-state index is -5.43. The summed E-state index contributed by atoms with van der Waals surface area (Å²) in [6, 6.07) is 0. The van der Waals surface area contributed by atoms with Crippen molar-refractivity contribution in [3.8, 4) is 0 Å². The van der Waals surface area contributed by atoms with Gasteiger partial charge in [0.05, 0.1) is 32.3 Å². The van der Waals surface area contributed by atoms with Gasteiger partial charge >= 0.3 is 48.8 Å². The number of H-pyrrole nitrogens is 3. The van der Waals surface area contributed by atoms with Crippen LogP contribution >= 0.6 is 31.7 Å². The highest BCUT2D eigenvalue weighted by Crippen LogP contribution is 2.54. The Morgan fingerprint density at radius 2 is 0.963 bits per heavy atom. The number of rotatable bonds is 22. The number of ether oxygens (including phenoxy) is 4. The van der Waals surface area contributed by atoms with Gasteiger partial charge in [-0.05, 0) is 20.8 Å². The standard InChI is InChI=1S/C40H51N11O26P4/c1-17-8-48(38(56)45-35(17)53)28-4-20(52)24(71-28)12-68-79(61,62)77-23-7-31(51-16-44-32-33(41)42-15-43-34(32)51)74-27(23)14-70-81(65,66)76-22-6-30(50-10-19(3)37(55)47-40(50)58)73-26(22)13-69-80(63,64)75-21-5-29(72-25(21)11-67-78(59)60)49-9-18(2)36(54)46-39(49)57/h8-10,15-16,20-31,52H,4-7,11-14H2,1-3H3,(H8-,41,42,43,45,46,47,53,54,55,56,57,58,59,60,61,62,63,64,65,66)/p+1/t20-,21-,22-,23-,24+,25+,26+,27+,28+,29+,30+,31+/m0/s1. The van der Waals surface area contributed by atoms with E-state index in [0.717, 1.165) is 32.4 Å². The van der Waals surface area contributed by atoms with E-state index in [1.807, 2.05) is 0 Å². The Morgan fingerprint density at radius 1 is 0.593 bits per heavy atom. The molecule has 5 aromatic heterocycles. The number of hydrogen-bond acceptors (Lipinski definition) is 26. The van der Waals surface area contributed by atoms with Crippen molar-refractivity contribution < 1.29 is 93.6 Å². The maximum absolute atomic E-state index is 14.0. The van der Waals surface area contributed by atoms with Crippen molar-refractivity contribution in [1.29, 1.82) is 0 Å². The van der Waals surface area contributed by atoms with E-state index < -0.39 is 178 Å². The minimum absolute atomic E-state index is 0.0141. The summed E-state index contributed by atoms with van der Waals surface area (Å²) in [5, 5.41) is 10.8. The molecular weight excluding hydrogens is 1170 g/mol. The van der Waals surface area contributed by atoms with E-state index in [9.17, 15) is 71.7 Å². The van der Waals surface area contributed by atoms with E-state index in [1.165, 1.54) is 37.9 Å². The summed E-state index contributed by atoms with van der Waals surface area (Å²) in [5.41, 5.74) is 1.65. The van der Waals surface area contributed by atoms with Crippen LogP contribution in [0.3, 0.4) is 0 Å². The summed E-state index contributed by atoms with van der Waals surface area (Å²) in [6.45, 7) is 0.719. The SMILES string of the molecule is Cc1cn([C@H]2C[C@H](OP(=O)(O)OC[C@H]3O[C@@H](n4cc(C)c(=O)[nH]c4=O)C[C@@H]3OP(=O)(O)OC[C@H]3O[C@@H](n4cnc5c(N)ncnc54)C[C@@H]3OP(=O)(O)OC[C@H]3O[C@@H](n4cc(C)c(=O)[nH]c4=O)C[C@@H]3O)[C@@H](CO[P+](=O)O)O2)c(=O)[nH]c1=O. The molecule has 4 saturated heterocycles. The third-order valence-corrected chi connectivity index (χ3v) is 16.6. The smallest absolute Gasteiger partial charge is 0.390 e. The Kier molecular flexibility index (Phi) is 17.8. The summed E-state index contributed by atoms with van der Waals surface area (Å²) in [6.07, 6.45) is -12.5. The monoisotopic (exact) mass is 1230 g/mol. The normalized spacial score (nSPS) is 29.2. The van der Waals surface area contributed by atoms with E-state index in [2.05, 4.69) is 29.9 Å². The summed E-state index contributed by atoms with van der Waals surface area (Å²) in [4.78, 5) is 136. The Bertz CT molecular complexity index is 3720. The summed E-state index contributed by atoms with van der Waals surface area (Å²) in [5.74, 6) is -0.0141. The van der Waals surface area contributed by atoms with Crippen LogP contribution in [0, 0.1) is 20.8 Å². The van der Waals surface area contributed by atoms with Gasteiger partial charge in [-0.2, -0.15) is 0 Å². The summed E-state index contributed by atoms with van der Waals surface area (Å²) in [7, 11) is -19.2. The van der Waals surface area contributed by atoms with E-state index >= 15 is 0 Å². The van der Waals surface area contributed by atoms with E-state index in [0.29, 0.717) is 0 Å². The van der Waals surface area contributed by atoms with Crippen LogP contribution in [-0.4, -0.2) is 148 Å². The highest BCUT2D eigenvalue weighted by Gasteiger charge is 2.49. The fourth-order valence-corrected chi connectivity index (χ4v) is 12.3. The first-order valence-electron chi connectivity index (χ1n) is 24.1. The first kappa shape index (κ1) is 60.1. The lowest BCUT2D eigenvalue weighted by Gasteiger charge is -2.25. The predicted octanol–water partition coefficient (Wildman–Crippen LogP) is -1.33. The number of imidazole rings is 1. The third-order valence-electron chi connectivity index (χ3n) is 13.2. The first-order valence-corrected chi connectivity index (χ1v) is 29.7. The molecule has 4 unspecified atom stereocenters. The topological polar surface area (TPSA) is 505 Å². The fourth-order valence-electron chi connectivity index (χ4n) is 9.16. The second-order valence-corrected chi connectivity index (χ2v) is 23.8. The van der Waals surface area contributed by atoms with Gasteiger partial charge in [-0.1, -0.05) is 0 Å². The summed E-state index contributed by atoms with van der Waals surface area (Å²) >= 11 is 0. The van der Waals surface area contributed by atoms with Crippen LogP contribution in [0.4, 0.5) is 5.82 Å². The number of phosphoric ester groups is 3. The maximum atomic E-state index is 14.0. The maximum Gasteiger partial charge on any atom is 0.694 e. The molecule has 10 N–H and O–H groups in total. The zero-order valence-electron chi connectivity index (χ0n) is 42.3. The second kappa shape index (κ2) is 24.0. The zero-order valence-corrected chi connectivity index (χ0v) is 45.9. The molecule has 0 spiro atoms. The number of nitrogens with one attached hydrogen (secondary N) is 3. The molecule has 0 saturated carbocycles. The molecule has 41 heteroatoms. The highest BCUT2D eigenvalue weighted by atomic mass is 31.2. The molecule has 0 aromatic carbocycles. The van der Waals surface area contributed by atoms with Crippen LogP contribution in [-0.2, 0) is 68.9 Å². The highest BCUT2D eigenvalue weighted by molar-refractivity contribution is 7.48. The lowest BCUT2D eigenvalue weighted by Crippen LogP contribution is -2.33. The number of nitrogens with two attached hydrogens (primary N) is 1. The van der Waals surface area contributed by atoms with Gasteiger partial charge in [0.25, 0.3) is 16.7 Å². The largest absolute Gasteiger partial charge is 0.694 e. The molecule has 4 aliphatic heterocycles. The second-order valence-electron chi connectivity index (χ2n) is 18.8. The number of anilines is 1. The number of aromatic amines is 3. The van der Waals surface area contributed by atoms with E-state index in [1.54, 1.807) is 0 Å². The van der Waals surface area contributed by atoms with Crippen LogP contribution in [0.5, 0.6) is 0 Å². The summed E-state index contributed by atoms with van der Waals surface area (Å²) < 4.78 is 118. The van der Waals surface area contributed by atoms with Gasteiger partial charge in [-0.25, -0.2) is 43.0 Å². The molecular formula is C40H52N11O26P4+. The number of nitrogen functional groups attached to an aromatic ring is 1. The number of nitrogens with zero attached hydrogens (tertiary/aromatic N) is 7. The lowest BCUT2D eigenvalue weighted by molar-refractivity contribution is -0.0628.